The second-order valence-corrected chi connectivity index (χ2v) is 10.2. The number of nitrogens with zero attached hydrogens (tertiary/aromatic N) is 1. The molecule has 2 amide bonds. The summed E-state index contributed by atoms with van der Waals surface area (Å²) in [6.07, 6.45) is 3.28. The number of rotatable bonds is 6. The highest BCUT2D eigenvalue weighted by molar-refractivity contribution is 7.12. The average molecular weight is 461 g/mol. The Labute approximate surface area is 198 Å². The standard InChI is InChI=1S/C27H28N2O3S/c1-17-24(16-19-8-10-21(11-9-19)20-6-4-3-5-7-20)25(18(2)33-17)27(31)28-23-14-12-22(13-15-23)26(30)29-32/h3-11,22-23H,12-16H2,1-2H3,(H,28,31)/t22-,23-. The van der Waals surface area contributed by atoms with Crippen molar-refractivity contribution in [2.45, 2.75) is 52.0 Å². The zero-order valence-corrected chi connectivity index (χ0v) is 19.8. The number of amides is 2. The topological polar surface area (TPSA) is 75.6 Å². The largest absolute Gasteiger partial charge is 0.349 e. The van der Waals surface area contributed by atoms with E-state index in [4.69, 9.17) is 0 Å². The molecule has 4 rings (SSSR count). The number of hydrogen-bond donors (Lipinski definition) is 1. The highest BCUT2D eigenvalue weighted by Gasteiger charge is 2.29. The van der Waals surface area contributed by atoms with Crippen LogP contribution in [-0.2, 0) is 11.2 Å². The van der Waals surface area contributed by atoms with Crippen LogP contribution in [-0.4, -0.2) is 17.9 Å². The van der Waals surface area contributed by atoms with Crippen LogP contribution in [0, 0.1) is 24.7 Å². The summed E-state index contributed by atoms with van der Waals surface area (Å²) in [5, 5.41) is 5.73. The first-order chi connectivity index (χ1) is 16.0. The first-order valence-corrected chi connectivity index (χ1v) is 12.2. The zero-order valence-electron chi connectivity index (χ0n) is 19.0. The fourth-order valence-electron chi connectivity index (χ4n) is 4.71. The molecule has 6 heteroatoms. The predicted molar refractivity (Wildman–Crippen MR) is 132 cm³/mol. The molecule has 5 nitrogen and oxygen atoms in total. The molecule has 33 heavy (non-hydrogen) atoms. The van der Waals surface area contributed by atoms with Gasteiger partial charge in [0.2, 0.25) is 0 Å². The van der Waals surface area contributed by atoms with Crippen LogP contribution in [0.15, 0.2) is 59.8 Å². The third-order valence-electron chi connectivity index (χ3n) is 6.56. The molecule has 170 valence electrons. The summed E-state index contributed by atoms with van der Waals surface area (Å²) in [7, 11) is 0. The van der Waals surface area contributed by atoms with Crippen LogP contribution in [0.2, 0.25) is 0 Å². The zero-order chi connectivity index (χ0) is 23.4. The molecule has 0 unspecified atom stereocenters. The van der Waals surface area contributed by atoms with Crippen LogP contribution in [0.4, 0.5) is 0 Å². The number of thiophene rings is 1. The number of hydrogen-bond acceptors (Lipinski definition) is 4. The number of aryl methyl sites for hydroxylation is 2. The highest BCUT2D eigenvalue weighted by atomic mass is 32.1. The van der Waals surface area contributed by atoms with Crippen molar-refractivity contribution in [2.75, 3.05) is 0 Å². The molecule has 1 fully saturated rings. The van der Waals surface area contributed by atoms with Crippen molar-refractivity contribution in [3.05, 3.63) is 85.9 Å². The van der Waals surface area contributed by atoms with E-state index in [1.54, 1.807) is 11.3 Å². The van der Waals surface area contributed by atoms with Gasteiger partial charge in [-0.25, -0.2) is 0 Å². The molecule has 1 saturated carbocycles. The Morgan fingerprint density at radius 3 is 2.18 bits per heavy atom. The minimum absolute atomic E-state index is 0.0193. The van der Waals surface area contributed by atoms with E-state index in [0.29, 0.717) is 32.1 Å². The Hall–Kier alpha value is -3.12. The molecule has 2 aromatic carbocycles. The fourth-order valence-corrected chi connectivity index (χ4v) is 5.78. The average Bonchev–Trinajstić information content (AvgIpc) is 3.12. The summed E-state index contributed by atoms with van der Waals surface area (Å²) in [4.78, 5) is 37.4. The number of carbonyl (C=O) groups is 2. The van der Waals surface area contributed by atoms with Crippen LogP contribution in [0.1, 0.15) is 56.9 Å². The number of carbonyl (C=O) groups excluding carboxylic acids is 2. The van der Waals surface area contributed by atoms with Gasteiger partial charge < -0.3 is 5.32 Å². The van der Waals surface area contributed by atoms with Crippen molar-refractivity contribution >= 4 is 23.2 Å². The van der Waals surface area contributed by atoms with E-state index >= 15 is 0 Å². The van der Waals surface area contributed by atoms with Gasteiger partial charge in [-0.05, 0) is 68.2 Å². The van der Waals surface area contributed by atoms with E-state index in [1.807, 2.05) is 25.1 Å². The molecule has 1 heterocycles. The lowest BCUT2D eigenvalue weighted by atomic mass is 9.85. The number of nitrogens with one attached hydrogen (secondary N) is 1. The van der Waals surface area contributed by atoms with Gasteiger partial charge in [0.05, 0.1) is 5.56 Å². The van der Waals surface area contributed by atoms with Gasteiger partial charge in [-0.2, -0.15) is 0 Å². The smallest absolute Gasteiger partial charge is 0.289 e. The van der Waals surface area contributed by atoms with E-state index in [2.05, 4.69) is 53.8 Å². The maximum absolute atomic E-state index is 13.2. The fraction of sp³-hybridized carbons (Fsp3) is 0.333. The molecule has 1 aliphatic rings. The van der Waals surface area contributed by atoms with E-state index in [0.717, 1.165) is 20.9 Å². The third-order valence-corrected chi connectivity index (χ3v) is 7.62. The van der Waals surface area contributed by atoms with Crippen LogP contribution in [0.3, 0.4) is 0 Å². The molecule has 0 spiro atoms. The SMILES string of the molecule is Cc1sc(C)c(C(=O)N[C@H]2CC[C@H](C(=O)N=O)CC2)c1Cc1ccc(-c2ccccc2)cc1. The molecule has 1 aliphatic carbocycles. The van der Waals surface area contributed by atoms with E-state index < -0.39 is 5.91 Å². The number of benzene rings is 2. The van der Waals surface area contributed by atoms with Gasteiger partial charge in [-0.1, -0.05) is 54.6 Å². The Kier molecular flexibility index (Phi) is 7.14. The maximum Gasteiger partial charge on any atom is 0.289 e. The number of nitroso groups, excluding NO2 is 1. The molecule has 1 N–H and O–H groups in total. The third kappa shape index (κ3) is 5.28. The van der Waals surface area contributed by atoms with Crippen molar-refractivity contribution in [3.63, 3.8) is 0 Å². The predicted octanol–water partition coefficient (Wildman–Crippen LogP) is 6.20. The Morgan fingerprint density at radius 2 is 1.55 bits per heavy atom. The minimum Gasteiger partial charge on any atom is -0.349 e. The van der Waals surface area contributed by atoms with Crippen LogP contribution >= 0.6 is 11.3 Å². The van der Waals surface area contributed by atoms with E-state index in [1.165, 1.54) is 16.7 Å². The molecule has 0 bridgehead atoms. The van der Waals surface area contributed by atoms with E-state index in [9.17, 15) is 14.5 Å². The van der Waals surface area contributed by atoms with Crippen LogP contribution in [0.5, 0.6) is 0 Å². The van der Waals surface area contributed by atoms with Crippen molar-refractivity contribution in [1.29, 1.82) is 0 Å². The summed E-state index contributed by atoms with van der Waals surface area (Å²) in [5.74, 6) is -0.907. The summed E-state index contributed by atoms with van der Waals surface area (Å²) in [5.41, 5.74) is 5.39. The molecule has 0 atom stereocenters. The Bertz CT molecular complexity index is 1140. The molecule has 3 aromatic rings. The monoisotopic (exact) mass is 460 g/mol. The quantitative estimate of drug-likeness (QED) is 0.445. The summed E-state index contributed by atoms with van der Waals surface area (Å²) < 4.78 is 0. The van der Waals surface area contributed by atoms with Crippen LogP contribution in [0.25, 0.3) is 11.1 Å². The lowest BCUT2D eigenvalue weighted by Crippen LogP contribution is -2.39. The van der Waals surface area contributed by atoms with Gasteiger partial charge in [0.25, 0.3) is 11.8 Å². The lowest BCUT2D eigenvalue weighted by Gasteiger charge is -2.27. The first-order valence-electron chi connectivity index (χ1n) is 11.4. The molecule has 0 radical (unpaired) electrons. The summed E-state index contributed by atoms with van der Waals surface area (Å²) >= 11 is 1.66. The molecule has 1 aromatic heterocycles. The van der Waals surface area contributed by atoms with Crippen molar-refractivity contribution in [1.82, 2.24) is 5.32 Å². The first kappa shape index (κ1) is 23.1. The summed E-state index contributed by atoms with van der Waals surface area (Å²) in [6.45, 7) is 4.07. The molecular formula is C27H28N2O3S. The van der Waals surface area contributed by atoms with Gasteiger partial charge in [-0.15, -0.1) is 16.2 Å². The summed E-state index contributed by atoms with van der Waals surface area (Å²) in [6, 6.07) is 18.8. The Balaban J connectivity index is 1.46. The minimum atomic E-state index is -0.565. The van der Waals surface area contributed by atoms with Crippen molar-refractivity contribution in [3.8, 4) is 11.1 Å². The van der Waals surface area contributed by atoms with Crippen LogP contribution < -0.4 is 5.32 Å². The van der Waals surface area contributed by atoms with Gasteiger partial charge in [0.15, 0.2) is 0 Å². The normalized spacial score (nSPS) is 18.0. The van der Waals surface area contributed by atoms with Gasteiger partial charge in [0, 0.05) is 26.9 Å². The lowest BCUT2D eigenvalue weighted by molar-refractivity contribution is -0.122. The second kappa shape index (κ2) is 10.2. The van der Waals surface area contributed by atoms with Crippen molar-refractivity contribution in [2.24, 2.45) is 11.1 Å². The van der Waals surface area contributed by atoms with E-state index in [-0.39, 0.29) is 17.9 Å². The van der Waals surface area contributed by atoms with Gasteiger partial charge >= 0.3 is 0 Å². The highest BCUT2D eigenvalue weighted by Crippen LogP contribution is 2.31. The van der Waals surface area contributed by atoms with Crippen molar-refractivity contribution < 1.29 is 9.59 Å². The van der Waals surface area contributed by atoms with Gasteiger partial charge in [0.1, 0.15) is 0 Å². The maximum atomic E-state index is 13.2. The van der Waals surface area contributed by atoms with Gasteiger partial charge in [-0.3, -0.25) is 9.59 Å². The molecule has 0 aliphatic heterocycles. The Morgan fingerprint density at radius 1 is 0.909 bits per heavy atom. The molecular weight excluding hydrogens is 432 g/mol. The second-order valence-electron chi connectivity index (χ2n) is 8.76. The molecule has 0 saturated heterocycles.